The first-order chi connectivity index (χ1) is 18.5. The molecule has 2 aliphatic rings. The van der Waals surface area contributed by atoms with E-state index in [-0.39, 0.29) is 11.4 Å². The molecule has 2 aliphatic heterocycles. The van der Waals surface area contributed by atoms with Gasteiger partial charge in [-0.25, -0.2) is 0 Å². The number of nitrogens with zero attached hydrogens (tertiary/aromatic N) is 5. The molecule has 2 aromatic heterocycles. The van der Waals surface area contributed by atoms with Crippen LogP contribution in [0.1, 0.15) is 16.7 Å². The van der Waals surface area contributed by atoms with Crippen LogP contribution in [0.5, 0.6) is 5.75 Å². The van der Waals surface area contributed by atoms with E-state index in [4.69, 9.17) is 21.7 Å². The summed E-state index contributed by atoms with van der Waals surface area (Å²) in [5, 5.41) is 17.3. The molecular formula is C28H21ClN6O2S. The first-order valence-electron chi connectivity index (χ1n) is 11.9. The van der Waals surface area contributed by atoms with Crippen LogP contribution >= 0.6 is 23.4 Å². The van der Waals surface area contributed by atoms with Crippen molar-refractivity contribution in [2.45, 2.75) is 13.5 Å². The highest BCUT2D eigenvalue weighted by Crippen LogP contribution is 2.32. The molecule has 10 heteroatoms. The molecule has 0 spiro atoms. The number of aromatic nitrogens is 2. The number of aryl methyl sites for hydroxylation is 1. The highest BCUT2D eigenvalue weighted by atomic mass is 35.5. The summed E-state index contributed by atoms with van der Waals surface area (Å²) in [6.07, 6.45) is 7.07. The number of fused-ring (bicyclic) bond motifs is 2. The molecule has 0 radical (unpaired) electrons. The van der Waals surface area contributed by atoms with Gasteiger partial charge in [-0.3, -0.25) is 15.2 Å². The molecule has 0 bridgehead atoms. The lowest BCUT2D eigenvalue weighted by atomic mass is 10.1. The van der Waals surface area contributed by atoms with Gasteiger partial charge < -0.3 is 9.30 Å². The van der Waals surface area contributed by atoms with E-state index < -0.39 is 5.91 Å². The molecule has 0 saturated heterocycles. The fourth-order valence-corrected chi connectivity index (χ4v) is 5.47. The van der Waals surface area contributed by atoms with Gasteiger partial charge in [-0.2, -0.15) is 15.1 Å². The molecule has 2 aromatic carbocycles. The maximum Gasteiger partial charge on any atom is 0.283 e. The first kappa shape index (κ1) is 24.1. The van der Waals surface area contributed by atoms with Crippen LogP contribution in [0, 0.1) is 12.3 Å². The number of ether oxygens (including phenoxy) is 1. The summed E-state index contributed by atoms with van der Waals surface area (Å²) >= 11 is 7.31. The number of pyridine rings is 1. The van der Waals surface area contributed by atoms with Crippen molar-refractivity contribution in [3.63, 3.8) is 0 Å². The van der Waals surface area contributed by atoms with Gasteiger partial charge in [-0.1, -0.05) is 29.8 Å². The maximum atomic E-state index is 13.0. The lowest BCUT2D eigenvalue weighted by Crippen LogP contribution is -2.35. The van der Waals surface area contributed by atoms with Gasteiger partial charge >= 0.3 is 0 Å². The molecule has 1 N–H and O–H groups in total. The maximum absolute atomic E-state index is 13.0. The number of amidine groups is 2. The highest BCUT2D eigenvalue weighted by molar-refractivity contribution is 8.27. The molecule has 38 heavy (non-hydrogen) atoms. The van der Waals surface area contributed by atoms with Crippen LogP contribution in [0.15, 0.2) is 88.9 Å². The van der Waals surface area contributed by atoms with Crippen molar-refractivity contribution in [3.05, 3.63) is 100 Å². The van der Waals surface area contributed by atoms with Gasteiger partial charge in [-0.05, 0) is 66.7 Å². The summed E-state index contributed by atoms with van der Waals surface area (Å²) < 4.78 is 8.09. The SMILES string of the molecule is Cc1cc(Cl)ccc1OCCn1cc(/C=C2\C(=N)N3N=C(c4cccnc4)SC3=NC2=O)c2ccccc21. The average Bonchev–Trinajstić information content (AvgIpc) is 3.50. The third-order valence-corrected chi connectivity index (χ3v) is 7.40. The minimum atomic E-state index is -0.463. The Labute approximate surface area is 227 Å². The van der Waals surface area contributed by atoms with E-state index >= 15 is 0 Å². The summed E-state index contributed by atoms with van der Waals surface area (Å²) in [5.41, 5.74) is 3.78. The lowest BCUT2D eigenvalue weighted by Gasteiger charge is -2.20. The predicted octanol–water partition coefficient (Wildman–Crippen LogP) is 5.74. The van der Waals surface area contributed by atoms with Gasteiger partial charge in [0.15, 0.2) is 5.84 Å². The standard InChI is InChI=1S/C28H21ClN6O2S/c1-17-13-20(29)8-9-24(17)37-12-11-34-16-19(21-6-2-3-7-23(21)34)14-22-25(30)35-28(32-26(22)36)38-27(33-35)18-5-4-10-31-15-18/h2-10,13-16,30H,11-12H2,1H3/b22-14+,30-25?. The Bertz CT molecular complexity index is 1690. The minimum Gasteiger partial charge on any atom is -0.491 e. The zero-order chi connectivity index (χ0) is 26.2. The monoisotopic (exact) mass is 540 g/mol. The number of amides is 1. The zero-order valence-electron chi connectivity index (χ0n) is 20.3. The number of halogens is 1. The Morgan fingerprint density at radius 1 is 1.16 bits per heavy atom. The highest BCUT2D eigenvalue weighted by Gasteiger charge is 2.36. The second-order valence-electron chi connectivity index (χ2n) is 8.72. The lowest BCUT2D eigenvalue weighted by molar-refractivity contribution is -0.114. The Morgan fingerprint density at radius 3 is 2.84 bits per heavy atom. The summed E-state index contributed by atoms with van der Waals surface area (Å²) in [5.74, 6) is 0.317. The number of rotatable bonds is 6. The molecule has 0 unspecified atom stereocenters. The third-order valence-electron chi connectivity index (χ3n) is 6.21. The van der Waals surface area contributed by atoms with Crippen LogP contribution in [0.4, 0.5) is 0 Å². The van der Waals surface area contributed by atoms with Gasteiger partial charge in [0.25, 0.3) is 5.91 Å². The van der Waals surface area contributed by atoms with Crippen LogP contribution in [0.25, 0.3) is 17.0 Å². The molecule has 0 fully saturated rings. The summed E-state index contributed by atoms with van der Waals surface area (Å²) in [4.78, 5) is 21.3. The van der Waals surface area contributed by atoms with Crippen LogP contribution in [-0.4, -0.2) is 43.1 Å². The van der Waals surface area contributed by atoms with E-state index in [1.165, 1.54) is 16.8 Å². The smallest absolute Gasteiger partial charge is 0.283 e. The van der Waals surface area contributed by atoms with E-state index in [9.17, 15) is 4.79 Å². The van der Waals surface area contributed by atoms with Crippen molar-refractivity contribution in [2.24, 2.45) is 10.1 Å². The predicted molar refractivity (Wildman–Crippen MR) is 152 cm³/mol. The first-order valence-corrected chi connectivity index (χ1v) is 13.0. The molecule has 188 valence electrons. The largest absolute Gasteiger partial charge is 0.491 e. The fraction of sp³-hybridized carbons (Fsp3) is 0.107. The van der Waals surface area contributed by atoms with Crippen molar-refractivity contribution in [1.29, 1.82) is 5.41 Å². The quantitative estimate of drug-likeness (QED) is 0.314. The Hall–Kier alpha value is -4.21. The number of hydrogen-bond acceptors (Lipinski definition) is 6. The summed E-state index contributed by atoms with van der Waals surface area (Å²) in [6.45, 7) is 3.01. The Morgan fingerprint density at radius 2 is 2.03 bits per heavy atom. The molecular weight excluding hydrogens is 520 g/mol. The second kappa shape index (κ2) is 9.92. The van der Waals surface area contributed by atoms with Gasteiger partial charge in [-0.15, -0.1) is 0 Å². The average molecular weight is 541 g/mol. The number of hydrogen-bond donors (Lipinski definition) is 1. The van der Waals surface area contributed by atoms with E-state index in [1.54, 1.807) is 18.5 Å². The van der Waals surface area contributed by atoms with Crippen LogP contribution < -0.4 is 4.74 Å². The molecule has 0 saturated carbocycles. The van der Waals surface area contributed by atoms with Crippen molar-refractivity contribution >= 4 is 62.3 Å². The molecule has 0 aliphatic carbocycles. The number of aliphatic imine (C=N–C) groups is 1. The number of benzene rings is 2. The molecule has 4 heterocycles. The summed E-state index contributed by atoms with van der Waals surface area (Å²) in [6, 6.07) is 17.2. The molecule has 4 aromatic rings. The van der Waals surface area contributed by atoms with Gasteiger partial charge in [0.2, 0.25) is 5.17 Å². The van der Waals surface area contributed by atoms with Crippen LogP contribution in [0.2, 0.25) is 5.02 Å². The van der Waals surface area contributed by atoms with Gasteiger partial charge in [0.05, 0.1) is 12.1 Å². The number of carbonyl (C=O) groups is 1. The van der Waals surface area contributed by atoms with Crippen molar-refractivity contribution in [1.82, 2.24) is 14.6 Å². The molecule has 6 rings (SSSR count). The molecule has 1 amide bonds. The Balaban J connectivity index is 1.28. The second-order valence-corrected chi connectivity index (χ2v) is 10.1. The van der Waals surface area contributed by atoms with Crippen molar-refractivity contribution in [3.8, 4) is 5.75 Å². The summed E-state index contributed by atoms with van der Waals surface area (Å²) in [7, 11) is 0. The zero-order valence-corrected chi connectivity index (χ0v) is 21.8. The van der Waals surface area contributed by atoms with E-state index in [0.717, 1.165) is 33.3 Å². The van der Waals surface area contributed by atoms with Gasteiger partial charge in [0.1, 0.15) is 17.4 Å². The number of carbonyl (C=O) groups excluding carboxylic acids is 1. The van der Waals surface area contributed by atoms with E-state index in [0.29, 0.717) is 28.4 Å². The normalized spacial score (nSPS) is 16.2. The minimum absolute atomic E-state index is 0.00947. The number of para-hydroxylation sites is 1. The van der Waals surface area contributed by atoms with Gasteiger partial charge in [0, 0.05) is 45.6 Å². The fourth-order valence-electron chi connectivity index (χ4n) is 4.36. The molecule has 8 nitrogen and oxygen atoms in total. The van der Waals surface area contributed by atoms with Crippen molar-refractivity contribution < 1.29 is 9.53 Å². The van der Waals surface area contributed by atoms with E-state index in [2.05, 4.69) is 19.6 Å². The van der Waals surface area contributed by atoms with E-state index in [1.807, 2.05) is 67.7 Å². The Kier molecular flexibility index (Phi) is 6.30. The molecule has 0 atom stereocenters. The van der Waals surface area contributed by atoms with Crippen LogP contribution in [0.3, 0.4) is 0 Å². The number of hydrazone groups is 1. The topological polar surface area (TPSA) is 95.9 Å². The van der Waals surface area contributed by atoms with Crippen molar-refractivity contribution in [2.75, 3.05) is 6.61 Å². The third kappa shape index (κ3) is 4.51. The van der Waals surface area contributed by atoms with Crippen LogP contribution in [-0.2, 0) is 11.3 Å². The number of nitrogens with one attached hydrogen (secondary N) is 1. The number of thioether (sulfide) groups is 1.